The van der Waals surface area contributed by atoms with E-state index in [-0.39, 0.29) is 12.5 Å². The Morgan fingerprint density at radius 2 is 1.60 bits per heavy atom. The molecule has 0 radical (unpaired) electrons. The number of alkyl halides is 1. The third kappa shape index (κ3) is 6.26. The predicted octanol–water partition coefficient (Wildman–Crippen LogP) is 3.36. The van der Waals surface area contributed by atoms with Crippen molar-refractivity contribution in [2.24, 2.45) is 0 Å². The number of ether oxygens (including phenoxy) is 6. The first kappa shape index (κ1) is 29.4. The molecule has 216 valence electrons. The van der Waals surface area contributed by atoms with E-state index in [0.29, 0.717) is 18.2 Å². The highest BCUT2D eigenvalue weighted by Gasteiger charge is 2.53. The maximum absolute atomic E-state index is 12.2. The van der Waals surface area contributed by atoms with Crippen LogP contribution in [0.4, 0.5) is 5.69 Å². The number of fused-ring (bicyclic) bond motifs is 3. The Balaban J connectivity index is 1.81. The van der Waals surface area contributed by atoms with Gasteiger partial charge in [0.2, 0.25) is 12.4 Å². The van der Waals surface area contributed by atoms with Gasteiger partial charge in [-0.1, -0.05) is 18.2 Å². The van der Waals surface area contributed by atoms with Crippen molar-refractivity contribution in [1.82, 2.24) is 0 Å². The van der Waals surface area contributed by atoms with Gasteiger partial charge < -0.3 is 33.7 Å². The van der Waals surface area contributed by atoms with Crippen molar-refractivity contribution in [3.05, 3.63) is 35.4 Å². The number of rotatable bonds is 8. The summed E-state index contributed by atoms with van der Waals surface area (Å²) in [6.07, 6.45) is -6.39. The fourth-order valence-corrected chi connectivity index (χ4v) is 5.46. The van der Waals surface area contributed by atoms with Crippen LogP contribution in [0.1, 0.15) is 44.7 Å². The van der Waals surface area contributed by atoms with Crippen LogP contribution in [-0.4, -0.2) is 73.6 Å². The van der Waals surface area contributed by atoms with E-state index in [1.165, 1.54) is 13.8 Å². The molecule has 4 rings (SSSR count). The van der Waals surface area contributed by atoms with Crippen molar-refractivity contribution < 1.29 is 47.6 Å². The van der Waals surface area contributed by atoms with E-state index in [1.54, 1.807) is 0 Å². The van der Waals surface area contributed by atoms with Crippen LogP contribution in [0.5, 0.6) is 5.75 Å². The highest BCUT2D eigenvalue weighted by molar-refractivity contribution is 6.18. The Hall–Kier alpha value is -3.57. The van der Waals surface area contributed by atoms with Crippen molar-refractivity contribution in [3.63, 3.8) is 0 Å². The van der Waals surface area contributed by atoms with Gasteiger partial charge in [0, 0.05) is 63.2 Å². The fourth-order valence-electron chi connectivity index (χ4n) is 5.20. The Bertz CT molecular complexity index is 1310. The Morgan fingerprint density at radius 1 is 0.950 bits per heavy atom. The molecule has 2 aliphatic rings. The predicted molar refractivity (Wildman–Crippen MR) is 143 cm³/mol. The largest absolute Gasteiger partial charge is 0.463 e. The zero-order chi connectivity index (χ0) is 29.1. The molecule has 40 heavy (non-hydrogen) atoms. The molecule has 2 aromatic carbocycles. The van der Waals surface area contributed by atoms with Crippen LogP contribution in [0.2, 0.25) is 0 Å². The molecule has 0 spiro atoms. The van der Waals surface area contributed by atoms with E-state index in [4.69, 9.17) is 40.0 Å². The summed E-state index contributed by atoms with van der Waals surface area (Å²) in [6, 6.07) is 7.59. The SMILES string of the molecule is CC(=O)OC[C@H]1O[C@@H](Oc2cc3c(c4c(C)cccc24)[C@H](CCl)CN3)[C@H](OC(C)=O)[C@@H](OC(C)=O)[C@H]1OC(C)=O. The number of carbonyl (C=O) groups is 4. The van der Waals surface area contributed by atoms with Gasteiger partial charge >= 0.3 is 23.9 Å². The molecule has 2 aromatic rings. The number of aryl methyl sites for hydroxylation is 1. The second kappa shape index (κ2) is 12.3. The molecule has 0 unspecified atom stereocenters. The van der Waals surface area contributed by atoms with Crippen LogP contribution in [-0.2, 0) is 42.9 Å². The lowest BCUT2D eigenvalue weighted by Crippen LogP contribution is -2.63. The van der Waals surface area contributed by atoms with Gasteiger partial charge in [0.15, 0.2) is 12.2 Å². The van der Waals surface area contributed by atoms with Crippen molar-refractivity contribution in [3.8, 4) is 5.75 Å². The van der Waals surface area contributed by atoms with E-state index in [9.17, 15) is 19.2 Å². The molecule has 0 bridgehead atoms. The number of hydrogen-bond acceptors (Lipinski definition) is 11. The number of hydrogen-bond donors (Lipinski definition) is 1. The van der Waals surface area contributed by atoms with E-state index in [2.05, 4.69) is 5.32 Å². The average Bonchev–Trinajstić information content (AvgIpc) is 3.28. The first-order valence-corrected chi connectivity index (χ1v) is 13.4. The third-order valence-electron chi connectivity index (χ3n) is 6.70. The molecule has 12 heteroatoms. The highest BCUT2D eigenvalue weighted by atomic mass is 35.5. The van der Waals surface area contributed by atoms with Crippen molar-refractivity contribution in [1.29, 1.82) is 0 Å². The smallest absolute Gasteiger partial charge is 0.303 e. The van der Waals surface area contributed by atoms with Gasteiger partial charge in [-0.05, 0) is 23.4 Å². The lowest BCUT2D eigenvalue weighted by molar-refractivity contribution is -0.288. The van der Waals surface area contributed by atoms with E-state index in [0.717, 1.165) is 41.4 Å². The highest BCUT2D eigenvalue weighted by Crippen LogP contribution is 2.44. The summed E-state index contributed by atoms with van der Waals surface area (Å²) in [4.78, 5) is 47.9. The van der Waals surface area contributed by atoms with Gasteiger partial charge in [-0.15, -0.1) is 11.6 Å². The molecule has 0 saturated carbocycles. The molecule has 2 heterocycles. The Morgan fingerprint density at radius 3 is 2.23 bits per heavy atom. The zero-order valence-electron chi connectivity index (χ0n) is 22.9. The van der Waals surface area contributed by atoms with Gasteiger partial charge in [-0.25, -0.2) is 0 Å². The maximum Gasteiger partial charge on any atom is 0.303 e. The van der Waals surface area contributed by atoms with Crippen LogP contribution < -0.4 is 10.1 Å². The third-order valence-corrected chi connectivity index (χ3v) is 7.07. The normalized spacial score (nSPS) is 25.4. The van der Waals surface area contributed by atoms with E-state index in [1.807, 2.05) is 31.2 Å². The van der Waals surface area contributed by atoms with E-state index >= 15 is 0 Å². The monoisotopic (exact) mass is 577 g/mol. The second-order valence-electron chi connectivity index (χ2n) is 9.75. The molecule has 0 aromatic heterocycles. The molecule has 1 saturated heterocycles. The summed E-state index contributed by atoms with van der Waals surface area (Å²) < 4.78 is 34.2. The molecule has 2 aliphatic heterocycles. The second-order valence-corrected chi connectivity index (χ2v) is 10.1. The average molecular weight is 578 g/mol. The van der Waals surface area contributed by atoms with Gasteiger partial charge in [0.1, 0.15) is 18.5 Å². The minimum atomic E-state index is -1.34. The number of halogens is 1. The summed E-state index contributed by atoms with van der Waals surface area (Å²) in [5.74, 6) is -1.81. The molecule has 0 amide bonds. The summed E-state index contributed by atoms with van der Waals surface area (Å²) in [5, 5.41) is 5.11. The number of esters is 4. The molecular weight excluding hydrogens is 546 g/mol. The maximum atomic E-state index is 12.2. The zero-order valence-corrected chi connectivity index (χ0v) is 23.6. The van der Waals surface area contributed by atoms with Crippen molar-refractivity contribution >= 4 is 51.9 Å². The number of carbonyl (C=O) groups excluding carboxylic acids is 4. The van der Waals surface area contributed by atoms with Crippen LogP contribution >= 0.6 is 11.6 Å². The molecule has 6 atom stereocenters. The van der Waals surface area contributed by atoms with Crippen LogP contribution in [0.15, 0.2) is 24.3 Å². The summed E-state index contributed by atoms with van der Waals surface area (Å²) in [6.45, 7) is 7.02. The molecule has 1 fully saturated rings. The summed E-state index contributed by atoms with van der Waals surface area (Å²) >= 11 is 6.27. The lowest BCUT2D eigenvalue weighted by Gasteiger charge is -2.44. The fraction of sp³-hybridized carbons (Fsp3) is 0.500. The molecule has 0 aliphatic carbocycles. The quantitative estimate of drug-likeness (QED) is 0.281. The van der Waals surface area contributed by atoms with Crippen LogP contribution in [0, 0.1) is 6.92 Å². The van der Waals surface area contributed by atoms with Gasteiger partial charge in [-0.2, -0.15) is 0 Å². The molecule has 1 N–H and O–H groups in total. The van der Waals surface area contributed by atoms with Gasteiger partial charge in [0.05, 0.1) is 0 Å². The standard InChI is InChI=1S/C28H32ClNO10/c1-13-7-6-8-19-21(9-20-24(23(13)19)18(10-29)11-30-20)39-28-27(38-17(5)34)26(37-16(4)33)25(36-15(3)32)22(40-28)12-35-14(2)31/h6-9,18,22,25-28,30H,10-12H2,1-5H3/t18-,22-,25+,26+,27-,28-/m1/s1. The van der Waals surface area contributed by atoms with Crippen LogP contribution in [0.25, 0.3) is 10.8 Å². The first-order chi connectivity index (χ1) is 19.0. The lowest BCUT2D eigenvalue weighted by atomic mass is 9.92. The first-order valence-electron chi connectivity index (χ1n) is 12.8. The van der Waals surface area contributed by atoms with Crippen molar-refractivity contribution in [2.75, 3.05) is 24.3 Å². The Kier molecular flexibility index (Phi) is 9.05. The van der Waals surface area contributed by atoms with E-state index < -0.39 is 54.6 Å². The number of benzene rings is 2. The van der Waals surface area contributed by atoms with Crippen molar-refractivity contribution in [2.45, 2.75) is 71.2 Å². The summed E-state index contributed by atoms with van der Waals surface area (Å²) in [7, 11) is 0. The van der Waals surface area contributed by atoms with Gasteiger partial charge in [-0.3, -0.25) is 19.2 Å². The number of anilines is 1. The Labute approximate surface area is 236 Å². The summed E-state index contributed by atoms with van der Waals surface area (Å²) in [5.41, 5.74) is 2.93. The van der Waals surface area contributed by atoms with Crippen LogP contribution in [0.3, 0.4) is 0 Å². The molecular formula is C28H32ClNO10. The molecule has 11 nitrogen and oxygen atoms in total. The number of nitrogens with one attached hydrogen (secondary N) is 1. The minimum Gasteiger partial charge on any atom is -0.463 e. The van der Waals surface area contributed by atoms with Gasteiger partial charge in [0.25, 0.3) is 0 Å². The minimum absolute atomic E-state index is 0.0972. The topological polar surface area (TPSA) is 136 Å².